The molecular formula is C50H32N2S. The number of nitrogens with zero attached hydrogens (tertiary/aromatic N) is 2. The molecule has 2 aromatic heterocycles. The number of hydrogen-bond donors (Lipinski definition) is 0. The molecule has 2 nitrogen and oxygen atoms in total. The lowest BCUT2D eigenvalue weighted by Gasteiger charge is -2.19. The van der Waals surface area contributed by atoms with Crippen molar-refractivity contribution < 1.29 is 0 Å². The summed E-state index contributed by atoms with van der Waals surface area (Å²) >= 11 is 1.89. The number of rotatable bonds is 4. The average molecular weight is 693 g/mol. The van der Waals surface area contributed by atoms with E-state index >= 15 is 0 Å². The minimum absolute atomic E-state index is 0.590. The Bertz CT molecular complexity index is 3270. The summed E-state index contributed by atoms with van der Waals surface area (Å²) in [5.41, 5.74) is 8.17. The number of fused-ring (bicyclic) bond motifs is 12. The largest absolute Gasteiger partial charge is 0.232 e. The Balaban J connectivity index is 1.29. The molecule has 248 valence electrons. The monoisotopic (exact) mass is 692 g/mol. The maximum atomic E-state index is 5.58. The lowest BCUT2D eigenvalue weighted by molar-refractivity contribution is 1.01. The fourth-order valence-corrected chi connectivity index (χ4v) is 10.0. The minimum atomic E-state index is 0.590. The van der Waals surface area contributed by atoms with Crippen molar-refractivity contribution in [2.75, 3.05) is 0 Å². The number of benzene rings is 9. The molecule has 0 aliphatic carbocycles. The van der Waals surface area contributed by atoms with Crippen molar-refractivity contribution in [3.8, 4) is 22.4 Å². The fraction of sp³-hybridized carbons (Fsp3) is 0.0400. The number of aromatic nitrogens is 2. The van der Waals surface area contributed by atoms with Gasteiger partial charge >= 0.3 is 0 Å². The molecule has 0 N–H and O–H groups in total. The molecule has 11 aromatic rings. The third-order valence-corrected chi connectivity index (χ3v) is 12.3. The zero-order valence-corrected chi connectivity index (χ0v) is 29.9. The zero-order valence-electron chi connectivity index (χ0n) is 29.1. The number of aryl methyl sites for hydroxylation is 1. The first-order valence-corrected chi connectivity index (χ1v) is 19.0. The van der Waals surface area contributed by atoms with Crippen LogP contribution in [0.4, 0.5) is 0 Å². The van der Waals surface area contributed by atoms with Gasteiger partial charge in [-0.3, -0.25) is 0 Å². The second-order valence-electron chi connectivity index (χ2n) is 14.0. The maximum Gasteiger partial charge on any atom is 0.134 e. The Morgan fingerprint density at radius 3 is 1.83 bits per heavy atom. The summed E-state index contributed by atoms with van der Waals surface area (Å²) in [5, 5.41) is 13.6. The van der Waals surface area contributed by atoms with Gasteiger partial charge in [0.05, 0.1) is 11.2 Å². The maximum absolute atomic E-state index is 5.58. The Morgan fingerprint density at radius 2 is 1.06 bits per heavy atom. The van der Waals surface area contributed by atoms with Gasteiger partial charge in [-0.1, -0.05) is 158 Å². The Morgan fingerprint density at radius 1 is 0.472 bits per heavy atom. The van der Waals surface area contributed by atoms with E-state index in [-0.39, 0.29) is 0 Å². The Kier molecular flexibility index (Phi) is 6.74. The smallest absolute Gasteiger partial charge is 0.134 e. The van der Waals surface area contributed by atoms with Gasteiger partial charge in [-0.15, -0.1) is 11.3 Å². The molecule has 0 unspecified atom stereocenters. The van der Waals surface area contributed by atoms with E-state index < -0.39 is 0 Å². The second-order valence-corrected chi connectivity index (χ2v) is 15.1. The molecule has 0 aliphatic rings. The van der Waals surface area contributed by atoms with Gasteiger partial charge in [-0.05, 0) is 72.9 Å². The number of hydrogen-bond acceptors (Lipinski definition) is 3. The molecule has 0 atom stereocenters. The van der Waals surface area contributed by atoms with E-state index in [2.05, 4.69) is 171 Å². The van der Waals surface area contributed by atoms with Gasteiger partial charge in [-0.2, -0.15) is 0 Å². The molecule has 3 heteroatoms. The van der Waals surface area contributed by atoms with Gasteiger partial charge in [-0.25, -0.2) is 9.97 Å². The summed E-state index contributed by atoms with van der Waals surface area (Å²) in [5.74, 6) is 0.825. The zero-order chi connectivity index (χ0) is 35.0. The molecule has 0 aliphatic heterocycles. The predicted octanol–water partition coefficient (Wildman–Crippen LogP) is 13.8. The standard InChI is InChI=1S/C50H32N2S/c1-30-33-18-6-5-15-31(33)27-28-34(30)45-38-22-10-11-23-39(38)46-41-25-13-14-26-43(41)53-50(46)42(45)29-44-51-48(32-16-3-2-4-17-32)47-37-21-9-7-19-35(37)36-20-8-12-24-40(36)49(47)52-44/h2-28H,29H2,1H3. The van der Waals surface area contributed by atoms with Crippen LogP contribution in [0.1, 0.15) is 17.0 Å². The van der Waals surface area contributed by atoms with Crippen LogP contribution in [0.25, 0.3) is 96.5 Å². The lowest BCUT2D eigenvalue weighted by atomic mass is 9.86. The summed E-state index contributed by atoms with van der Waals surface area (Å²) < 4.78 is 2.60. The van der Waals surface area contributed by atoms with Crippen LogP contribution in [-0.2, 0) is 6.42 Å². The molecule has 0 saturated heterocycles. The van der Waals surface area contributed by atoms with Gasteiger partial charge in [0, 0.05) is 42.9 Å². The molecule has 11 rings (SSSR count). The average Bonchev–Trinajstić information content (AvgIpc) is 3.62. The van der Waals surface area contributed by atoms with E-state index in [1.807, 2.05) is 11.3 Å². The third-order valence-electron chi connectivity index (χ3n) is 11.1. The van der Waals surface area contributed by atoms with Gasteiger partial charge in [0.25, 0.3) is 0 Å². The van der Waals surface area contributed by atoms with Crippen LogP contribution in [0.2, 0.25) is 0 Å². The quantitative estimate of drug-likeness (QED) is 0.172. The summed E-state index contributed by atoms with van der Waals surface area (Å²) in [6.07, 6.45) is 0.590. The third kappa shape index (κ3) is 4.57. The normalized spacial score (nSPS) is 11.9. The van der Waals surface area contributed by atoms with Crippen molar-refractivity contribution in [2.45, 2.75) is 13.3 Å². The Labute approximate surface area is 310 Å². The first kappa shape index (κ1) is 30.2. The fourth-order valence-electron chi connectivity index (χ4n) is 8.75. The molecule has 0 fully saturated rings. The van der Waals surface area contributed by atoms with E-state index in [0.29, 0.717) is 6.42 Å². The highest BCUT2D eigenvalue weighted by Gasteiger charge is 2.24. The van der Waals surface area contributed by atoms with Crippen LogP contribution < -0.4 is 0 Å². The van der Waals surface area contributed by atoms with Crippen molar-refractivity contribution in [3.63, 3.8) is 0 Å². The highest BCUT2D eigenvalue weighted by atomic mass is 32.1. The molecule has 0 radical (unpaired) electrons. The topological polar surface area (TPSA) is 25.8 Å². The first-order valence-electron chi connectivity index (χ1n) is 18.2. The molecule has 53 heavy (non-hydrogen) atoms. The molecule has 0 amide bonds. The minimum Gasteiger partial charge on any atom is -0.232 e. The van der Waals surface area contributed by atoms with Crippen molar-refractivity contribution in [3.05, 3.63) is 181 Å². The molecule has 9 aromatic carbocycles. The predicted molar refractivity (Wildman–Crippen MR) is 227 cm³/mol. The first-order chi connectivity index (χ1) is 26.2. The van der Waals surface area contributed by atoms with Crippen LogP contribution in [-0.4, -0.2) is 9.97 Å². The van der Waals surface area contributed by atoms with E-state index in [1.54, 1.807) is 0 Å². The highest BCUT2D eigenvalue weighted by molar-refractivity contribution is 7.26. The molecule has 2 heterocycles. The van der Waals surface area contributed by atoms with E-state index in [4.69, 9.17) is 9.97 Å². The summed E-state index contributed by atoms with van der Waals surface area (Å²) in [4.78, 5) is 11.1. The van der Waals surface area contributed by atoms with Crippen LogP contribution in [0.3, 0.4) is 0 Å². The van der Waals surface area contributed by atoms with Gasteiger partial charge in [0.1, 0.15) is 5.82 Å². The number of thiophene rings is 1. The molecule has 0 bridgehead atoms. The van der Waals surface area contributed by atoms with E-state index in [0.717, 1.165) is 33.4 Å². The lowest BCUT2D eigenvalue weighted by Crippen LogP contribution is -2.04. The van der Waals surface area contributed by atoms with Crippen molar-refractivity contribution in [2.24, 2.45) is 0 Å². The van der Waals surface area contributed by atoms with Crippen LogP contribution in [0.15, 0.2) is 164 Å². The van der Waals surface area contributed by atoms with Crippen LogP contribution >= 0.6 is 11.3 Å². The van der Waals surface area contributed by atoms with Crippen molar-refractivity contribution in [1.29, 1.82) is 0 Å². The summed E-state index contributed by atoms with van der Waals surface area (Å²) in [7, 11) is 0. The SMILES string of the molecule is Cc1c(-c2c(Cc3nc(-c4ccccc4)c4c5ccccc5c5ccccc5c4n3)c3sc4ccccc4c3c3ccccc23)ccc2ccccc12. The van der Waals surface area contributed by atoms with E-state index in [1.165, 1.54) is 80.1 Å². The molecular weight excluding hydrogens is 661 g/mol. The highest BCUT2D eigenvalue weighted by Crippen LogP contribution is 2.48. The molecule has 0 spiro atoms. The van der Waals surface area contributed by atoms with Gasteiger partial charge < -0.3 is 0 Å². The van der Waals surface area contributed by atoms with Crippen molar-refractivity contribution >= 4 is 85.5 Å². The Hall–Kier alpha value is -6.42. The molecule has 0 saturated carbocycles. The van der Waals surface area contributed by atoms with Gasteiger partial charge in [0.15, 0.2) is 0 Å². The van der Waals surface area contributed by atoms with Gasteiger partial charge in [0.2, 0.25) is 0 Å². The van der Waals surface area contributed by atoms with Crippen molar-refractivity contribution in [1.82, 2.24) is 9.97 Å². The second kappa shape index (κ2) is 11.8. The van der Waals surface area contributed by atoms with Crippen LogP contribution in [0.5, 0.6) is 0 Å². The van der Waals surface area contributed by atoms with E-state index in [9.17, 15) is 0 Å². The summed E-state index contributed by atoms with van der Waals surface area (Å²) in [6.45, 7) is 2.28. The summed E-state index contributed by atoms with van der Waals surface area (Å²) in [6, 6.07) is 59.3. The van der Waals surface area contributed by atoms with Crippen LogP contribution in [0, 0.1) is 6.92 Å².